The van der Waals surface area contributed by atoms with Gasteiger partial charge in [-0.3, -0.25) is 5.84 Å². The minimum atomic E-state index is -3.15. The van der Waals surface area contributed by atoms with Crippen molar-refractivity contribution in [2.24, 2.45) is 5.84 Å². The molecular formula is C5H14N2O2S. The maximum absolute atomic E-state index is 10.9. The van der Waals surface area contributed by atoms with E-state index in [1.807, 2.05) is 6.92 Å². The van der Waals surface area contributed by atoms with Gasteiger partial charge in [-0.1, -0.05) is 6.92 Å². The maximum Gasteiger partial charge on any atom is 0.226 e. The molecule has 0 aliphatic heterocycles. The molecule has 0 amide bonds. The lowest BCUT2D eigenvalue weighted by Gasteiger charge is -2.13. The summed E-state index contributed by atoms with van der Waals surface area (Å²) in [6.07, 6.45) is 0.746. The van der Waals surface area contributed by atoms with Crippen LogP contribution >= 0.6 is 0 Å². The third kappa shape index (κ3) is 2.64. The minimum absolute atomic E-state index is 0.0729. The van der Waals surface area contributed by atoms with Gasteiger partial charge in [0.1, 0.15) is 0 Å². The van der Waals surface area contributed by atoms with E-state index in [0.29, 0.717) is 6.54 Å². The Kier molecular flexibility index (Phi) is 3.85. The summed E-state index contributed by atoms with van der Waals surface area (Å²) in [7, 11) is -3.15. The molecule has 0 heterocycles. The number of nitrogens with two attached hydrogens (primary N) is 1. The number of hydrogen-bond donors (Lipinski definition) is 1. The van der Waals surface area contributed by atoms with Crippen molar-refractivity contribution in [3.63, 3.8) is 0 Å². The number of nitrogens with zero attached hydrogens (tertiary/aromatic N) is 1. The number of hydrogen-bond acceptors (Lipinski definition) is 3. The number of sulfonamides is 1. The molecule has 0 aliphatic carbocycles. The first kappa shape index (κ1) is 9.87. The standard InChI is InChI=1S/C5H14N2O2S/c1-3-5-7(6)10(8,9)4-2/h3-6H2,1-2H3. The van der Waals surface area contributed by atoms with E-state index in [0.717, 1.165) is 10.8 Å². The number of rotatable bonds is 4. The minimum Gasteiger partial charge on any atom is -0.255 e. The van der Waals surface area contributed by atoms with Crippen LogP contribution in [0.25, 0.3) is 0 Å². The average Bonchev–Trinajstić information content (AvgIpc) is 1.89. The van der Waals surface area contributed by atoms with E-state index in [9.17, 15) is 8.42 Å². The van der Waals surface area contributed by atoms with Crippen LogP contribution in [-0.2, 0) is 10.0 Å². The molecule has 0 unspecified atom stereocenters. The Bertz CT molecular complexity index is 176. The SMILES string of the molecule is CCCN(N)S(=O)(=O)CC. The van der Waals surface area contributed by atoms with Crippen LogP contribution in [0.5, 0.6) is 0 Å². The molecule has 0 aromatic rings. The van der Waals surface area contributed by atoms with Crippen molar-refractivity contribution in [3.05, 3.63) is 0 Å². The summed E-state index contributed by atoms with van der Waals surface area (Å²) in [4.78, 5) is 0. The maximum atomic E-state index is 10.9. The largest absolute Gasteiger partial charge is 0.255 e. The zero-order valence-corrected chi connectivity index (χ0v) is 7.19. The predicted octanol–water partition coefficient (Wildman–Crippen LogP) is -0.0782. The van der Waals surface area contributed by atoms with E-state index in [4.69, 9.17) is 5.84 Å². The third-order valence-corrected chi connectivity index (χ3v) is 2.79. The molecule has 0 aromatic heterocycles. The smallest absolute Gasteiger partial charge is 0.226 e. The second-order valence-electron chi connectivity index (χ2n) is 2.01. The fraction of sp³-hybridized carbons (Fsp3) is 1.00. The first-order valence-electron chi connectivity index (χ1n) is 3.29. The lowest BCUT2D eigenvalue weighted by molar-refractivity contribution is 0.426. The zero-order chi connectivity index (χ0) is 8.20. The van der Waals surface area contributed by atoms with Gasteiger partial charge in [0, 0.05) is 6.54 Å². The molecular weight excluding hydrogens is 152 g/mol. The van der Waals surface area contributed by atoms with E-state index < -0.39 is 10.0 Å². The van der Waals surface area contributed by atoms with Crippen molar-refractivity contribution in [1.82, 2.24) is 4.41 Å². The summed E-state index contributed by atoms with van der Waals surface area (Å²) < 4.78 is 22.7. The molecule has 0 bridgehead atoms. The van der Waals surface area contributed by atoms with Crippen LogP contribution < -0.4 is 5.84 Å². The highest BCUT2D eigenvalue weighted by molar-refractivity contribution is 7.88. The molecule has 0 fully saturated rings. The summed E-state index contributed by atoms with van der Waals surface area (Å²) >= 11 is 0. The normalized spacial score (nSPS) is 12.4. The van der Waals surface area contributed by atoms with Crippen LogP contribution in [0.15, 0.2) is 0 Å². The lowest BCUT2D eigenvalue weighted by Crippen LogP contribution is -2.38. The Hall–Kier alpha value is -0.130. The van der Waals surface area contributed by atoms with E-state index in [2.05, 4.69) is 0 Å². The van der Waals surface area contributed by atoms with Crippen molar-refractivity contribution in [1.29, 1.82) is 0 Å². The summed E-state index contributed by atoms with van der Waals surface area (Å²) in [5, 5.41) is 0. The van der Waals surface area contributed by atoms with Crippen LogP contribution in [0.3, 0.4) is 0 Å². The molecule has 0 aromatic carbocycles. The molecule has 0 spiro atoms. The number of hydrazine groups is 1. The highest BCUT2D eigenvalue weighted by Gasteiger charge is 2.13. The fourth-order valence-corrected chi connectivity index (χ4v) is 1.32. The highest BCUT2D eigenvalue weighted by Crippen LogP contribution is 1.94. The zero-order valence-electron chi connectivity index (χ0n) is 6.37. The second-order valence-corrected chi connectivity index (χ2v) is 4.22. The van der Waals surface area contributed by atoms with Gasteiger partial charge < -0.3 is 0 Å². The lowest BCUT2D eigenvalue weighted by atomic mass is 10.5. The van der Waals surface area contributed by atoms with Crippen LogP contribution in [0.2, 0.25) is 0 Å². The molecule has 0 atom stereocenters. The second kappa shape index (κ2) is 3.90. The Morgan fingerprint density at radius 1 is 1.40 bits per heavy atom. The third-order valence-electron chi connectivity index (χ3n) is 1.17. The molecule has 5 heteroatoms. The van der Waals surface area contributed by atoms with Gasteiger partial charge in [-0.2, -0.15) is 0 Å². The molecule has 0 radical (unpaired) electrons. The molecule has 0 saturated heterocycles. The van der Waals surface area contributed by atoms with Crippen molar-refractivity contribution in [2.45, 2.75) is 20.3 Å². The van der Waals surface area contributed by atoms with Gasteiger partial charge in [0.2, 0.25) is 10.0 Å². The summed E-state index contributed by atoms with van der Waals surface area (Å²) in [5.41, 5.74) is 0. The summed E-state index contributed by atoms with van der Waals surface area (Å²) in [6.45, 7) is 3.85. The van der Waals surface area contributed by atoms with Crippen LogP contribution in [0.4, 0.5) is 0 Å². The topological polar surface area (TPSA) is 63.4 Å². The Morgan fingerprint density at radius 3 is 2.20 bits per heavy atom. The van der Waals surface area contributed by atoms with Crippen LogP contribution in [0, 0.1) is 0 Å². The van der Waals surface area contributed by atoms with Gasteiger partial charge in [-0.15, -0.1) is 4.41 Å². The predicted molar refractivity (Wildman–Crippen MR) is 40.6 cm³/mol. The summed E-state index contributed by atoms with van der Waals surface area (Å²) in [5.74, 6) is 5.29. The van der Waals surface area contributed by atoms with Gasteiger partial charge in [0.05, 0.1) is 5.75 Å². The average molecular weight is 166 g/mol. The quantitative estimate of drug-likeness (QED) is 0.469. The monoisotopic (exact) mass is 166 g/mol. The van der Waals surface area contributed by atoms with Gasteiger partial charge >= 0.3 is 0 Å². The van der Waals surface area contributed by atoms with Gasteiger partial charge in [-0.05, 0) is 13.3 Å². The molecule has 0 rings (SSSR count). The fourth-order valence-electron chi connectivity index (χ4n) is 0.525. The van der Waals surface area contributed by atoms with Crippen molar-refractivity contribution in [3.8, 4) is 0 Å². The summed E-state index contributed by atoms with van der Waals surface area (Å²) in [6, 6.07) is 0. The molecule has 10 heavy (non-hydrogen) atoms. The van der Waals surface area contributed by atoms with E-state index in [-0.39, 0.29) is 5.75 Å². The van der Waals surface area contributed by atoms with Gasteiger partial charge in [0.25, 0.3) is 0 Å². The van der Waals surface area contributed by atoms with Gasteiger partial charge in [0.15, 0.2) is 0 Å². The van der Waals surface area contributed by atoms with Crippen LogP contribution in [-0.4, -0.2) is 25.1 Å². The molecule has 2 N–H and O–H groups in total. The molecule has 4 nitrogen and oxygen atoms in total. The Labute approximate surface area is 62.0 Å². The first-order chi connectivity index (χ1) is 4.54. The van der Waals surface area contributed by atoms with E-state index in [1.165, 1.54) is 0 Å². The molecule has 0 aliphatic rings. The van der Waals surface area contributed by atoms with Crippen molar-refractivity contribution >= 4 is 10.0 Å². The van der Waals surface area contributed by atoms with E-state index >= 15 is 0 Å². The van der Waals surface area contributed by atoms with Gasteiger partial charge in [-0.25, -0.2) is 8.42 Å². The van der Waals surface area contributed by atoms with E-state index in [1.54, 1.807) is 6.92 Å². The van der Waals surface area contributed by atoms with Crippen molar-refractivity contribution in [2.75, 3.05) is 12.3 Å². The molecule has 0 saturated carbocycles. The van der Waals surface area contributed by atoms with Crippen molar-refractivity contribution < 1.29 is 8.42 Å². The molecule has 62 valence electrons. The Morgan fingerprint density at radius 2 is 1.90 bits per heavy atom. The Balaban J connectivity index is 4.06. The van der Waals surface area contributed by atoms with Crippen LogP contribution in [0.1, 0.15) is 20.3 Å². The first-order valence-corrected chi connectivity index (χ1v) is 4.90. The highest BCUT2D eigenvalue weighted by atomic mass is 32.2.